The average molecular weight is 422 g/mol. The monoisotopic (exact) mass is 421 g/mol. The molecule has 0 radical (unpaired) electrons. The van der Waals surface area contributed by atoms with Crippen molar-refractivity contribution in [2.24, 2.45) is 0 Å². The first-order valence-corrected chi connectivity index (χ1v) is 9.51. The van der Waals surface area contributed by atoms with E-state index < -0.39 is 6.04 Å². The van der Waals surface area contributed by atoms with E-state index in [1.807, 2.05) is 37.4 Å². The predicted octanol–water partition coefficient (Wildman–Crippen LogP) is 3.44. The Morgan fingerprint density at radius 1 is 1.18 bits per heavy atom. The first-order valence-electron chi connectivity index (χ1n) is 9.13. The second-order valence-corrected chi connectivity index (χ2v) is 7.18. The summed E-state index contributed by atoms with van der Waals surface area (Å²) in [6.07, 6.45) is 1.15. The molecule has 7 heteroatoms. The molecular formula is C21H25Cl2N3O2. The van der Waals surface area contributed by atoms with Crippen LogP contribution in [0.5, 0.6) is 0 Å². The van der Waals surface area contributed by atoms with Crippen LogP contribution in [-0.4, -0.2) is 42.9 Å². The van der Waals surface area contributed by atoms with Gasteiger partial charge in [0.2, 0.25) is 5.91 Å². The quantitative estimate of drug-likeness (QED) is 0.750. The molecule has 1 saturated heterocycles. The van der Waals surface area contributed by atoms with Gasteiger partial charge in [0.25, 0.3) is 5.91 Å². The van der Waals surface area contributed by atoms with Crippen LogP contribution in [0.3, 0.4) is 0 Å². The van der Waals surface area contributed by atoms with Crippen molar-refractivity contribution in [2.45, 2.75) is 24.9 Å². The lowest BCUT2D eigenvalue weighted by Gasteiger charge is -2.27. The molecule has 0 saturated carbocycles. The average Bonchev–Trinajstić information content (AvgIpc) is 3.22. The number of nitrogens with zero attached hydrogens (tertiary/aromatic N) is 1. The maximum Gasteiger partial charge on any atom is 0.253 e. The van der Waals surface area contributed by atoms with E-state index in [0.717, 1.165) is 25.1 Å². The van der Waals surface area contributed by atoms with Crippen LogP contribution in [0, 0.1) is 0 Å². The number of halogens is 2. The van der Waals surface area contributed by atoms with E-state index in [-0.39, 0.29) is 36.7 Å². The number of hydrogen-bond donors (Lipinski definition) is 2. The lowest BCUT2D eigenvalue weighted by Crippen LogP contribution is -2.41. The van der Waals surface area contributed by atoms with E-state index in [4.69, 9.17) is 11.6 Å². The third kappa shape index (κ3) is 5.47. The van der Waals surface area contributed by atoms with Crippen LogP contribution in [-0.2, 0) is 4.79 Å². The summed E-state index contributed by atoms with van der Waals surface area (Å²) in [6, 6.07) is 16.2. The van der Waals surface area contributed by atoms with Crippen molar-refractivity contribution in [3.63, 3.8) is 0 Å². The molecular weight excluding hydrogens is 397 g/mol. The Labute approximate surface area is 176 Å². The lowest BCUT2D eigenvalue weighted by molar-refractivity contribution is -0.132. The summed E-state index contributed by atoms with van der Waals surface area (Å²) >= 11 is 6.15. The first kappa shape index (κ1) is 22.2. The van der Waals surface area contributed by atoms with Crippen LogP contribution >= 0.6 is 24.0 Å². The molecule has 150 valence electrons. The fraction of sp³-hybridized carbons (Fsp3) is 0.333. The predicted molar refractivity (Wildman–Crippen MR) is 114 cm³/mol. The number of nitrogens with one attached hydrogen (secondary N) is 2. The summed E-state index contributed by atoms with van der Waals surface area (Å²) in [5.74, 6) is -0.274. The molecule has 5 nitrogen and oxygen atoms in total. The fourth-order valence-electron chi connectivity index (χ4n) is 3.31. The van der Waals surface area contributed by atoms with E-state index >= 15 is 0 Å². The maximum absolute atomic E-state index is 12.8. The van der Waals surface area contributed by atoms with Crippen LogP contribution in [0.15, 0.2) is 54.6 Å². The van der Waals surface area contributed by atoms with E-state index in [9.17, 15) is 9.59 Å². The van der Waals surface area contributed by atoms with Gasteiger partial charge in [-0.1, -0.05) is 54.1 Å². The van der Waals surface area contributed by atoms with Gasteiger partial charge in [0, 0.05) is 19.6 Å². The van der Waals surface area contributed by atoms with Gasteiger partial charge < -0.3 is 15.5 Å². The highest BCUT2D eigenvalue weighted by atomic mass is 35.5. The van der Waals surface area contributed by atoms with Gasteiger partial charge in [0.15, 0.2) is 0 Å². The highest BCUT2D eigenvalue weighted by Gasteiger charge is 2.27. The molecule has 2 N–H and O–H groups in total. The van der Waals surface area contributed by atoms with Crippen LogP contribution < -0.4 is 10.6 Å². The van der Waals surface area contributed by atoms with Crippen LogP contribution in [0.4, 0.5) is 0 Å². The molecule has 3 rings (SSSR count). The molecule has 1 aliphatic heterocycles. The third-order valence-corrected chi connectivity index (χ3v) is 5.31. The number of rotatable bonds is 6. The lowest BCUT2D eigenvalue weighted by atomic mass is 10.0. The van der Waals surface area contributed by atoms with Crippen molar-refractivity contribution in [3.8, 4) is 0 Å². The summed E-state index contributed by atoms with van der Waals surface area (Å²) in [4.78, 5) is 27.3. The van der Waals surface area contributed by atoms with Crippen molar-refractivity contribution in [1.29, 1.82) is 0 Å². The van der Waals surface area contributed by atoms with Crippen molar-refractivity contribution >= 4 is 35.8 Å². The molecule has 1 fully saturated rings. The highest BCUT2D eigenvalue weighted by Crippen LogP contribution is 2.22. The van der Waals surface area contributed by atoms with Crippen molar-refractivity contribution < 1.29 is 9.59 Å². The van der Waals surface area contributed by atoms with Crippen molar-refractivity contribution in [2.75, 3.05) is 20.1 Å². The Morgan fingerprint density at radius 3 is 2.50 bits per heavy atom. The van der Waals surface area contributed by atoms with Crippen molar-refractivity contribution in [1.82, 2.24) is 15.5 Å². The number of carbonyl (C=O) groups excluding carboxylic acids is 2. The summed E-state index contributed by atoms with van der Waals surface area (Å²) < 4.78 is 0. The van der Waals surface area contributed by atoms with Crippen molar-refractivity contribution in [3.05, 3.63) is 70.7 Å². The van der Waals surface area contributed by atoms with Gasteiger partial charge in [-0.3, -0.25) is 9.59 Å². The van der Waals surface area contributed by atoms with Crippen LogP contribution in [0.1, 0.15) is 34.8 Å². The molecule has 0 aliphatic carbocycles. The Kier molecular flexibility index (Phi) is 8.30. The van der Waals surface area contributed by atoms with Crippen LogP contribution in [0.2, 0.25) is 5.02 Å². The second kappa shape index (κ2) is 10.5. The largest absolute Gasteiger partial charge is 0.345 e. The number of hydrogen-bond acceptors (Lipinski definition) is 3. The van der Waals surface area contributed by atoms with Gasteiger partial charge in [-0.15, -0.1) is 12.4 Å². The Hall–Kier alpha value is -2.08. The smallest absolute Gasteiger partial charge is 0.253 e. The topological polar surface area (TPSA) is 61.4 Å². The number of likely N-dealkylation sites (N-methyl/N-ethyl adjacent to an activating group) is 1. The normalized spacial score (nSPS) is 16.7. The Balaban J connectivity index is 0.00000280. The zero-order valence-electron chi connectivity index (χ0n) is 15.7. The fourth-order valence-corrected chi connectivity index (χ4v) is 3.53. The third-order valence-electron chi connectivity index (χ3n) is 4.98. The van der Waals surface area contributed by atoms with Gasteiger partial charge >= 0.3 is 0 Å². The SMILES string of the molecule is CN(C(=O)CC(NC(=O)c1ccccc1Cl)c1ccccc1)C1CCNC1.Cl. The summed E-state index contributed by atoms with van der Waals surface area (Å²) in [5, 5.41) is 6.65. The van der Waals surface area contributed by atoms with Gasteiger partial charge in [0.05, 0.1) is 23.0 Å². The zero-order chi connectivity index (χ0) is 19.2. The Bertz CT molecular complexity index is 795. The molecule has 2 aromatic rings. The maximum atomic E-state index is 12.8. The Morgan fingerprint density at radius 2 is 1.86 bits per heavy atom. The molecule has 1 aliphatic rings. The minimum absolute atomic E-state index is 0. The standard InChI is InChI=1S/C21H24ClN3O2.ClH/c1-25(16-11-12-23-14-16)20(26)13-19(15-7-3-2-4-8-15)24-21(27)17-9-5-6-10-18(17)22;/h2-10,16,19,23H,11-14H2,1H3,(H,24,27);1H. The van der Waals surface area contributed by atoms with Gasteiger partial charge in [-0.2, -0.15) is 0 Å². The number of amides is 2. The number of benzene rings is 2. The zero-order valence-corrected chi connectivity index (χ0v) is 17.3. The second-order valence-electron chi connectivity index (χ2n) is 6.77. The van der Waals surface area contributed by atoms with E-state index in [0.29, 0.717) is 10.6 Å². The molecule has 0 spiro atoms. The highest BCUT2D eigenvalue weighted by molar-refractivity contribution is 6.33. The molecule has 2 amide bonds. The minimum atomic E-state index is -0.417. The molecule has 2 aromatic carbocycles. The van der Waals surface area contributed by atoms with Gasteiger partial charge in [-0.05, 0) is 30.7 Å². The van der Waals surface area contributed by atoms with E-state index in [1.165, 1.54) is 0 Å². The van der Waals surface area contributed by atoms with Gasteiger partial charge in [-0.25, -0.2) is 0 Å². The summed E-state index contributed by atoms with van der Waals surface area (Å²) in [7, 11) is 1.83. The summed E-state index contributed by atoms with van der Waals surface area (Å²) in [6.45, 7) is 1.73. The van der Waals surface area contributed by atoms with Crippen LogP contribution in [0.25, 0.3) is 0 Å². The molecule has 0 aromatic heterocycles. The molecule has 0 bridgehead atoms. The summed E-state index contributed by atoms with van der Waals surface area (Å²) in [5.41, 5.74) is 1.30. The number of carbonyl (C=O) groups is 2. The molecule has 28 heavy (non-hydrogen) atoms. The molecule has 2 unspecified atom stereocenters. The minimum Gasteiger partial charge on any atom is -0.345 e. The molecule has 2 atom stereocenters. The first-order chi connectivity index (χ1) is 13.1. The van der Waals surface area contributed by atoms with E-state index in [2.05, 4.69) is 10.6 Å². The van der Waals surface area contributed by atoms with E-state index in [1.54, 1.807) is 29.2 Å². The van der Waals surface area contributed by atoms with Gasteiger partial charge in [0.1, 0.15) is 0 Å². The molecule has 1 heterocycles.